The Labute approximate surface area is 125 Å². The van der Waals surface area contributed by atoms with Gasteiger partial charge in [0.15, 0.2) is 9.84 Å². The second kappa shape index (κ2) is 6.10. The highest BCUT2D eigenvalue weighted by Crippen LogP contribution is 2.20. The van der Waals surface area contributed by atoms with Crippen molar-refractivity contribution in [1.82, 2.24) is 10.2 Å². The predicted molar refractivity (Wildman–Crippen MR) is 78.0 cm³/mol. The molecule has 2 aliphatic heterocycles. The highest BCUT2D eigenvalue weighted by Gasteiger charge is 2.42. The van der Waals surface area contributed by atoms with E-state index in [1.165, 1.54) is 0 Å². The van der Waals surface area contributed by atoms with Gasteiger partial charge in [0.2, 0.25) is 0 Å². The van der Waals surface area contributed by atoms with Gasteiger partial charge in [0.25, 0.3) is 0 Å². The molecule has 0 radical (unpaired) electrons. The van der Waals surface area contributed by atoms with Crippen molar-refractivity contribution in [1.29, 1.82) is 0 Å². The molecule has 0 aromatic carbocycles. The van der Waals surface area contributed by atoms with E-state index in [0.717, 1.165) is 0 Å². The standard InChI is InChI=1S/C13H24N2O5S/c1-13(2,3)20-12(16)14-10-8-21(17,18)9-11(10)15-4-6-19-7-5-15/h10-11H,4-9H2,1-3H3,(H,14,16)/t10-,11-/m1/s1. The van der Waals surface area contributed by atoms with Crippen molar-refractivity contribution in [2.75, 3.05) is 37.8 Å². The van der Waals surface area contributed by atoms with Gasteiger partial charge in [-0.15, -0.1) is 0 Å². The number of amides is 1. The first-order valence-corrected chi connectivity index (χ1v) is 9.00. The van der Waals surface area contributed by atoms with Crippen LogP contribution in [0.4, 0.5) is 4.79 Å². The van der Waals surface area contributed by atoms with E-state index >= 15 is 0 Å². The molecular weight excluding hydrogens is 296 g/mol. The molecular formula is C13H24N2O5S. The van der Waals surface area contributed by atoms with Crippen LogP contribution in [-0.2, 0) is 19.3 Å². The van der Waals surface area contributed by atoms with Gasteiger partial charge in [0.05, 0.1) is 30.8 Å². The fourth-order valence-electron chi connectivity index (χ4n) is 2.69. The minimum absolute atomic E-state index is 0.0335. The Morgan fingerprint density at radius 2 is 1.86 bits per heavy atom. The molecule has 0 aromatic heterocycles. The van der Waals surface area contributed by atoms with E-state index < -0.39 is 27.6 Å². The smallest absolute Gasteiger partial charge is 0.407 e. The van der Waals surface area contributed by atoms with Crippen LogP contribution >= 0.6 is 0 Å². The summed E-state index contributed by atoms with van der Waals surface area (Å²) in [6, 6.07) is -0.630. The quantitative estimate of drug-likeness (QED) is 0.771. The Balaban J connectivity index is 2.02. The van der Waals surface area contributed by atoms with Crippen LogP contribution in [0, 0.1) is 0 Å². The molecule has 122 valence electrons. The number of hydrogen-bond donors (Lipinski definition) is 1. The van der Waals surface area contributed by atoms with Crippen LogP contribution in [0.3, 0.4) is 0 Å². The number of carbonyl (C=O) groups is 1. The van der Waals surface area contributed by atoms with E-state index in [1.54, 1.807) is 20.8 Å². The number of hydrogen-bond acceptors (Lipinski definition) is 6. The van der Waals surface area contributed by atoms with E-state index in [4.69, 9.17) is 9.47 Å². The minimum atomic E-state index is -3.14. The molecule has 1 N–H and O–H groups in total. The summed E-state index contributed by atoms with van der Waals surface area (Å²) >= 11 is 0. The Morgan fingerprint density at radius 1 is 1.24 bits per heavy atom. The molecule has 7 nitrogen and oxygen atoms in total. The summed E-state index contributed by atoms with van der Waals surface area (Å²) in [4.78, 5) is 14.0. The van der Waals surface area contributed by atoms with Gasteiger partial charge >= 0.3 is 6.09 Å². The summed E-state index contributed by atoms with van der Waals surface area (Å²) in [5.41, 5.74) is -0.601. The van der Waals surface area contributed by atoms with E-state index in [-0.39, 0.29) is 17.5 Å². The van der Waals surface area contributed by atoms with Crippen molar-refractivity contribution in [3.63, 3.8) is 0 Å². The number of nitrogens with one attached hydrogen (secondary N) is 1. The average molecular weight is 320 g/mol. The summed E-state index contributed by atoms with van der Waals surface area (Å²) in [6.45, 7) is 7.89. The molecule has 2 atom stereocenters. The van der Waals surface area contributed by atoms with Gasteiger partial charge in [0.1, 0.15) is 5.60 Å². The molecule has 2 fully saturated rings. The third-order valence-corrected chi connectivity index (χ3v) is 5.26. The largest absolute Gasteiger partial charge is 0.444 e. The maximum Gasteiger partial charge on any atom is 0.407 e. The molecule has 2 aliphatic rings. The Kier molecular flexibility index (Phi) is 4.79. The zero-order chi connectivity index (χ0) is 15.7. The normalized spacial score (nSPS) is 30.0. The monoisotopic (exact) mass is 320 g/mol. The van der Waals surface area contributed by atoms with Crippen LogP contribution in [-0.4, -0.2) is 74.9 Å². The van der Waals surface area contributed by atoms with Crippen LogP contribution in [0.15, 0.2) is 0 Å². The number of rotatable bonds is 2. The summed E-state index contributed by atoms with van der Waals surface area (Å²) in [7, 11) is -3.14. The summed E-state index contributed by atoms with van der Waals surface area (Å²) in [6.07, 6.45) is -0.567. The summed E-state index contributed by atoms with van der Waals surface area (Å²) in [5, 5.41) is 2.72. The molecule has 2 heterocycles. The van der Waals surface area contributed by atoms with Crippen molar-refractivity contribution in [3.05, 3.63) is 0 Å². The number of nitrogens with zero attached hydrogens (tertiary/aromatic N) is 1. The molecule has 0 bridgehead atoms. The number of sulfone groups is 1. The van der Waals surface area contributed by atoms with Gasteiger partial charge < -0.3 is 14.8 Å². The molecule has 0 saturated carbocycles. The SMILES string of the molecule is CC(C)(C)OC(=O)N[C@@H]1CS(=O)(=O)C[C@H]1N1CCOCC1. The van der Waals surface area contributed by atoms with Crippen LogP contribution < -0.4 is 5.32 Å². The van der Waals surface area contributed by atoms with E-state index in [9.17, 15) is 13.2 Å². The topological polar surface area (TPSA) is 84.9 Å². The van der Waals surface area contributed by atoms with Crippen molar-refractivity contribution < 1.29 is 22.7 Å². The van der Waals surface area contributed by atoms with Crippen molar-refractivity contribution in [3.8, 4) is 0 Å². The zero-order valence-electron chi connectivity index (χ0n) is 12.8. The lowest BCUT2D eigenvalue weighted by atomic mass is 10.1. The van der Waals surface area contributed by atoms with Gasteiger partial charge in [-0.1, -0.05) is 0 Å². The van der Waals surface area contributed by atoms with Crippen molar-refractivity contribution in [2.45, 2.75) is 38.5 Å². The van der Waals surface area contributed by atoms with Gasteiger partial charge in [-0.2, -0.15) is 0 Å². The molecule has 21 heavy (non-hydrogen) atoms. The number of alkyl carbamates (subject to hydrolysis) is 1. The molecule has 8 heteroatoms. The molecule has 0 aliphatic carbocycles. The Morgan fingerprint density at radius 3 is 2.43 bits per heavy atom. The first-order chi connectivity index (χ1) is 9.66. The molecule has 1 amide bonds. The van der Waals surface area contributed by atoms with Crippen LogP contribution in [0.1, 0.15) is 20.8 Å². The first kappa shape index (κ1) is 16.5. The molecule has 0 aromatic rings. The third-order valence-electron chi connectivity index (χ3n) is 3.54. The highest BCUT2D eigenvalue weighted by molar-refractivity contribution is 7.91. The lowest BCUT2D eigenvalue weighted by molar-refractivity contribution is 0.0133. The predicted octanol–water partition coefficient (Wildman–Crippen LogP) is 0.00890. The van der Waals surface area contributed by atoms with Gasteiger partial charge in [0, 0.05) is 19.1 Å². The van der Waals surface area contributed by atoms with Crippen LogP contribution in [0.5, 0.6) is 0 Å². The fraction of sp³-hybridized carbons (Fsp3) is 0.923. The summed E-state index contributed by atoms with van der Waals surface area (Å²) in [5.74, 6) is 0.0434. The average Bonchev–Trinajstić information content (AvgIpc) is 2.63. The maximum atomic E-state index is 11.9. The second-order valence-corrected chi connectivity index (χ2v) is 8.70. The Bertz CT molecular complexity index is 479. The number of morpholine rings is 1. The molecule has 2 saturated heterocycles. The molecule has 0 unspecified atom stereocenters. The molecule has 0 spiro atoms. The molecule has 2 rings (SSSR count). The first-order valence-electron chi connectivity index (χ1n) is 7.18. The lowest BCUT2D eigenvalue weighted by Crippen LogP contribution is -2.54. The van der Waals surface area contributed by atoms with E-state index in [2.05, 4.69) is 10.2 Å². The zero-order valence-corrected chi connectivity index (χ0v) is 13.6. The van der Waals surface area contributed by atoms with Crippen LogP contribution in [0.25, 0.3) is 0 Å². The lowest BCUT2D eigenvalue weighted by Gasteiger charge is -2.35. The number of ether oxygens (including phenoxy) is 2. The van der Waals surface area contributed by atoms with E-state index in [0.29, 0.717) is 26.3 Å². The van der Waals surface area contributed by atoms with E-state index in [1.807, 2.05) is 0 Å². The fourth-order valence-corrected chi connectivity index (χ4v) is 4.65. The third kappa shape index (κ3) is 4.82. The number of carbonyl (C=O) groups excluding carboxylic acids is 1. The van der Waals surface area contributed by atoms with Crippen LogP contribution in [0.2, 0.25) is 0 Å². The summed E-state index contributed by atoms with van der Waals surface area (Å²) < 4.78 is 34.3. The maximum absolute atomic E-state index is 11.9. The highest BCUT2D eigenvalue weighted by atomic mass is 32.2. The van der Waals surface area contributed by atoms with Crippen molar-refractivity contribution >= 4 is 15.9 Å². The Hall–Kier alpha value is -0.860. The minimum Gasteiger partial charge on any atom is -0.444 e. The van der Waals surface area contributed by atoms with Gasteiger partial charge in [-0.05, 0) is 20.8 Å². The van der Waals surface area contributed by atoms with Gasteiger partial charge in [-0.25, -0.2) is 13.2 Å². The van der Waals surface area contributed by atoms with Gasteiger partial charge in [-0.3, -0.25) is 4.90 Å². The second-order valence-electron chi connectivity index (χ2n) is 6.55. The van der Waals surface area contributed by atoms with Crippen molar-refractivity contribution in [2.24, 2.45) is 0 Å².